The standard InChI is InChI=1S/C32H43N5O7/c1-31(2,3)26(36-28(41)21-13-17-19(34-21)8-7-9-23(17)44-6)30(43)37-14-18-24(32(18,4)5)25(37)29(42)35-20(22(39)15-38)12-16-10-11-33-27(16)40/h7-9,13,16,18,20,24-26,34,38H,10-12,14-15H2,1-6H3,(H,33,40)(H,35,42)(H,36,41)/t16-,18-,20-,24-,25-,26+/m0/s1. The van der Waals surface area contributed by atoms with Crippen molar-refractivity contribution in [2.45, 2.75) is 65.6 Å². The van der Waals surface area contributed by atoms with E-state index in [1.54, 1.807) is 19.2 Å². The van der Waals surface area contributed by atoms with E-state index in [2.05, 4.69) is 34.8 Å². The molecule has 0 radical (unpaired) electrons. The number of ether oxygens (including phenoxy) is 1. The Bertz CT molecular complexity index is 1490. The van der Waals surface area contributed by atoms with Gasteiger partial charge >= 0.3 is 0 Å². The Morgan fingerprint density at radius 1 is 1.18 bits per heavy atom. The van der Waals surface area contributed by atoms with Gasteiger partial charge in [-0.05, 0) is 53.7 Å². The number of H-pyrrole nitrogens is 1. The normalized spacial score (nSPS) is 25.2. The highest BCUT2D eigenvalue weighted by Crippen LogP contribution is 2.65. The molecule has 5 rings (SSSR count). The van der Waals surface area contributed by atoms with Gasteiger partial charge < -0.3 is 35.7 Å². The van der Waals surface area contributed by atoms with Gasteiger partial charge in [0.2, 0.25) is 17.7 Å². The lowest BCUT2D eigenvalue weighted by Gasteiger charge is -2.38. The maximum atomic E-state index is 14.3. The van der Waals surface area contributed by atoms with E-state index in [0.29, 0.717) is 30.8 Å². The number of carbonyl (C=O) groups excluding carboxylic acids is 5. The van der Waals surface area contributed by atoms with Crippen LogP contribution in [0.25, 0.3) is 10.9 Å². The van der Waals surface area contributed by atoms with Gasteiger partial charge in [0, 0.05) is 29.9 Å². The van der Waals surface area contributed by atoms with Gasteiger partial charge in [-0.15, -0.1) is 0 Å². The number of aliphatic hydroxyl groups is 1. The number of aromatic nitrogens is 1. The number of piperidine rings is 1. The Morgan fingerprint density at radius 2 is 1.91 bits per heavy atom. The van der Waals surface area contributed by atoms with Crippen LogP contribution in [0.5, 0.6) is 5.75 Å². The molecule has 2 aliphatic heterocycles. The molecule has 3 fully saturated rings. The molecule has 6 atom stereocenters. The summed E-state index contributed by atoms with van der Waals surface area (Å²) >= 11 is 0. The molecule has 3 aliphatic rings. The minimum absolute atomic E-state index is 0.0745. The lowest BCUT2D eigenvalue weighted by Crippen LogP contribution is -2.60. The topological polar surface area (TPSA) is 170 Å². The molecule has 3 heterocycles. The molecule has 1 saturated carbocycles. The van der Waals surface area contributed by atoms with Crippen molar-refractivity contribution < 1.29 is 33.8 Å². The monoisotopic (exact) mass is 609 g/mol. The van der Waals surface area contributed by atoms with E-state index in [1.165, 1.54) is 4.90 Å². The summed E-state index contributed by atoms with van der Waals surface area (Å²) < 4.78 is 5.41. The SMILES string of the molecule is COc1cccc2[nH]c(C(=O)N[C@H](C(=O)N3C[C@H]4[C@@H]([C@H]3C(=O)N[C@@H](C[C@@H]3CCNC3=O)C(=O)CO)C4(C)C)C(C)(C)C)cc12. The smallest absolute Gasteiger partial charge is 0.268 e. The molecule has 0 bridgehead atoms. The highest BCUT2D eigenvalue weighted by Gasteiger charge is 2.70. The maximum Gasteiger partial charge on any atom is 0.268 e. The van der Waals surface area contributed by atoms with E-state index in [0.717, 1.165) is 5.39 Å². The highest BCUT2D eigenvalue weighted by molar-refractivity contribution is 6.02. The molecule has 12 nitrogen and oxygen atoms in total. The lowest BCUT2D eigenvalue weighted by molar-refractivity contribution is -0.144. The molecule has 4 amide bonds. The predicted octanol–water partition coefficient (Wildman–Crippen LogP) is 1.38. The molecule has 44 heavy (non-hydrogen) atoms. The zero-order valence-electron chi connectivity index (χ0n) is 26.2. The van der Waals surface area contributed by atoms with Gasteiger partial charge in [-0.3, -0.25) is 24.0 Å². The number of aliphatic hydroxyl groups excluding tert-OH is 1. The number of hydrogen-bond donors (Lipinski definition) is 5. The minimum atomic E-state index is -1.06. The Labute approximate surface area is 256 Å². The number of likely N-dealkylation sites (tertiary alicyclic amines) is 1. The number of rotatable bonds is 10. The van der Waals surface area contributed by atoms with Gasteiger partial charge in [0.25, 0.3) is 5.91 Å². The number of Topliss-reactive ketones (excluding diaryl/α,β-unsaturated/α-hetero) is 1. The summed E-state index contributed by atoms with van der Waals surface area (Å²) in [6, 6.07) is 4.23. The van der Waals surface area contributed by atoms with E-state index in [1.807, 2.05) is 32.9 Å². The number of fused-ring (bicyclic) bond motifs is 2. The van der Waals surface area contributed by atoms with E-state index in [-0.39, 0.29) is 41.2 Å². The van der Waals surface area contributed by atoms with Crippen molar-refractivity contribution in [3.05, 3.63) is 30.0 Å². The van der Waals surface area contributed by atoms with Crippen molar-refractivity contribution in [3.8, 4) is 5.75 Å². The fourth-order valence-corrected chi connectivity index (χ4v) is 7.06. The quantitative estimate of drug-likeness (QED) is 0.271. The second-order valence-corrected chi connectivity index (χ2v) is 14.0. The maximum absolute atomic E-state index is 14.3. The van der Waals surface area contributed by atoms with Gasteiger partial charge in [-0.2, -0.15) is 0 Å². The van der Waals surface area contributed by atoms with Crippen molar-refractivity contribution >= 4 is 40.3 Å². The Balaban J connectivity index is 1.38. The first-order chi connectivity index (χ1) is 20.7. The summed E-state index contributed by atoms with van der Waals surface area (Å²) in [7, 11) is 1.55. The van der Waals surface area contributed by atoms with Crippen LogP contribution in [0.4, 0.5) is 0 Å². The average Bonchev–Trinajstić information content (AvgIpc) is 3.49. The third-order valence-electron chi connectivity index (χ3n) is 9.78. The van der Waals surface area contributed by atoms with Crippen LogP contribution in [0.1, 0.15) is 57.9 Å². The van der Waals surface area contributed by atoms with Crippen LogP contribution in [0.3, 0.4) is 0 Å². The van der Waals surface area contributed by atoms with Crippen LogP contribution in [-0.2, 0) is 19.2 Å². The highest BCUT2D eigenvalue weighted by atomic mass is 16.5. The molecule has 1 aliphatic carbocycles. The fraction of sp³-hybridized carbons (Fsp3) is 0.594. The Kier molecular flexibility index (Phi) is 8.25. The number of aromatic amines is 1. The first-order valence-electron chi connectivity index (χ1n) is 15.2. The lowest BCUT2D eigenvalue weighted by atomic mass is 9.85. The number of nitrogens with one attached hydrogen (secondary N) is 4. The van der Waals surface area contributed by atoms with Gasteiger partial charge in [0.1, 0.15) is 30.1 Å². The summed E-state index contributed by atoms with van der Waals surface area (Å²) in [5.74, 6) is -2.02. The van der Waals surface area contributed by atoms with E-state index < -0.39 is 53.7 Å². The third-order valence-corrected chi connectivity index (χ3v) is 9.78. The van der Waals surface area contributed by atoms with Crippen molar-refractivity contribution in [2.75, 3.05) is 26.8 Å². The number of amides is 4. The molecule has 0 spiro atoms. The summed E-state index contributed by atoms with van der Waals surface area (Å²) in [5, 5.41) is 18.8. The summed E-state index contributed by atoms with van der Waals surface area (Å²) in [6.45, 7) is 9.71. The van der Waals surface area contributed by atoms with Crippen molar-refractivity contribution in [1.29, 1.82) is 0 Å². The molecule has 12 heteroatoms. The Morgan fingerprint density at radius 3 is 2.52 bits per heavy atom. The van der Waals surface area contributed by atoms with Crippen LogP contribution < -0.4 is 20.7 Å². The zero-order chi connectivity index (χ0) is 32.1. The van der Waals surface area contributed by atoms with Gasteiger partial charge in [-0.25, -0.2) is 0 Å². The number of hydrogen-bond acceptors (Lipinski definition) is 7. The van der Waals surface area contributed by atoms with Gasteiger partial charge in [-0.1, -0.05) is 40.7 Å². The third kappa shape index (κ3) is 5.67. The van der Waals surface area contributed by atoms with Gasteiger partial charge in [0.05, 0.1) is 13.2 Å². The average molecular weight is 610 g/mol. The van der Waals surface area contributed by atoms with Crippen LogP contribution in [0.15, 0.2) is 24.3 Å². The summed E-state index contributed by atoms with van der Waals surface area (Å²) in [5.41, 5.74) is 0.0940. The first kappa shape index (κ1) is 31.5. The molecule has 2 saturated heterocycles. The van der Waals surface area contributed by atoms with E-state index in [4.69, 9.17) is 4.74 Å². The molecule has 238 valence electrons. The molecule has 2 aromatic rings. The molecule has 1 aromatic carbocycles. The van der Waals surface area contributed by atoms with E-state index >= 15 is 0 Å². The number of nitrogens with zero attached hydrogens (tertiary/aromatic N) is 1. The molecule has 0 unspecified atom stereocenters. The van der Waals surface area contributed by atoms with Crippen LogP contribution in [-0.4, -0.2) is 89.3 Å². The van der Waals surface area contributed by atoms with E-state index in [9.17, 15) is 29.1 Å². The molecular weight excluding hydrogens is 566 g/mol. The van der Waals surface area contributed by atoms with Crippen molar-refractivity contribution in [2.24, 2.45) is 28.6 Å². The molecule has 5 N–H and O–H groups in total. The largest absolute Gasteiger partial charge is 0.496 e. The number of ketones is 1. The zero-order valence-corrected chi connectivity index (χ0v) is 26.2. The number of benzene rings is 1. The van der Waals surface area contributed by atoms with Crippen LogP contribution in [0.2, 0.25) is 0 Å². The number of carbonyl (C=O) groups is 5. The van der Waals surface area contributed by atoms with Gasteiger partial charge in [0.15, 0.2) is 5.78 Å². The minimum Gasteiger partial charge on any atom is -0.496 e. The molecular formula is C32H43N5O7. The summed E-state index contributed by atoms with van der Waals surface area (Å²) in [6.07, 6.45) is 0.608. The van der Waals surface area contributed by atoms with Crippen LogP contribution in [0, 0.1) is 28.6 Å². The molecule has 1 aromatic heterocycles. The second-order valence-electron chi connectivity index (χ2n) is 14.0. The number of methoxy groups -OCH3 is 1. The van der Waals surface area contributed by atoms with Crippen molar-refractivity contribution in [1.82, 2.24) is 25.8 Å². The van der Waals surface area contributed by atoms with Crippen LogP contribution >= 0.6 is 0 Å². The first-order valence-corrected chi connectivity index (χ1v) is 15.2. The Hall–Kier alpha value is -3.93. The fourth-order valence-electron chi connectivity index (χ4n) is 7.06. The predicted molar refractivity (Wildman–Crippen MR) is 162 cm³/mol. The van der Waals surface area contributed by atoms with Crippen molar-refractivity contribution in [3.63, 3.8) is 0 Å². The second kappa shape index (κ2) is 11.5. The summed E-state index contributed by atoms with van der Waals surface area (Å²) in [4.78, 5) is 71.1.